The molecule has 0 bridgehead atoms. The van der Waals surface area contributed by atoms with E-state index in [0.717, 1.165) is 0 Å². The fraction of sp³-hybridized carbons (Fsp3) is 0.143. The van der Waals surface area contributed by atoms with Gasteiger partial charge in [-0.05, 0) is 28.9 Å². The van der Waals surface area contributed by atoms with E-state index in [9.17, 15) is 4.79 Å². The van der Waals surface area contributed by atoms with Gasteiger partial charge in [-0.2, -0.15) is 0 Å². The molecule has 0 aliphatic heterocycles. The maximum absolute atomic E-state index is 10.5. The zero-order chi connectivity index (χ0) is 8.43. The van der Waals surface area contributed by atoms with Gasteiger partial charge in [0.25, 0.3) is 0 Å². The van der Waals surface area contributed by atoms with Crippen molar-refractivity contribution in [1.82, 2.24) is 4.98 Å². The molecule has 11 heavy (non-hydrogen) atoms. The summed E-state index contributed by atoms with van der Waals surface area (Å²) in [6.07, 6.45) is 1.48. The fourth-order valence-electron chi connectivity index (χ4n) is 0.714. The van der Waals surface area contributed by atoms with E-state index in [2.05, 4.69) is 20.9 Å². The second kappa shape index (κ2) is 3.00. The van der Waals surface area contributed by atoms with E-state index in [1.165, 1.54) is 12.3 Å². The second-order valence-electron chi connectivity index (χ2n) is 2.06. The molecule has 0 saturated heterocycles. The van der Waals surface area contributed by atoms with E-state index < -0.39 is 5.97 Å². The quantitative estimate of drug-likeness (QED) is 0.779. The van der Waals surface area contributed by atoms with Crippen molar-refractivity contribution in [2.45, 2.75) is 6.92 Å². The van der Waals surface area contributed by atoms with E-state index in [0.29, 0.717) is 10.2 Å². The highest BCUT2D eigenvalue weighted by Crippen LogP contribution is 2.18. The van der Waals surface area contributed by atoms with Crippen molar-refractivity contribution in [1.29, 1.82) is 0 Å². The molecule has 1 N–H and O–H groups in total. The highest BCUT2D eigenvalue weighted by Gasteiger charge is 2.08. The van der Waals surface area contributed by atoms with Gasteiger partial charge in [0.15, 0.2) is 0 Å². The number of hydrogen-bond donors (Lipinski definition) is 1. The molecule has 0 unspecified atom stereocenters. The van der Waals surface area contributed by atoms with E-state index in [1.54, 1.807) is 6.92 Å². The van der Waals surface area contributed by atoms with Crippen LogP contribution in [0.1, 0.15) is 16.1 Å². The molecule has 0 spiro atoms. The Kier molecular flexibility index (Phi) is 2.24. The van der Waals surface area contributed by atoms with Crippen molar-refractivity contribution in [3.8, 4) is 0 Å². The number of aryl methyl sites for hydroxylation is 1. The lowest BCUT2D eigenvalue weighted by Gasteiger charge is -1.99. The van der Waals surface area contributed by atoms with Crippen LogP contribution in [0.2, 0.25) is 0 Å². The summed E-state index contributed by atoms with van der Waals surface area (Å²) in [7, 11) is 0. The van der Waals surface area contributed by atoms with Crippen LogP contribution in [-0.4, -0.2) is 16.1 Å². The summed E-state index contributed by atoms with van der Waals surface area (Å²) in [5.74, 6) is -0.942. The molecule has 1 rings (SSSR count). The first-order valence-electron chi connectivity index (χ1n) is 2.97. The molecule has 58 valence electrons. The Morgan fingerprint density at radius 1 is 1.73 bits per heavy atom. The topological polar surface area (TPSA) is 50.2 Å². The molecule has 1 aromatic rings. The number of nitrogens with zero attached hydrogens (tertiary/aromatic N) is 1. The number of carbonyl (C=O) groups is 1. The zero-order valence-corrected chi connectivity index (χ0v) is 7.42. The number of aromatic nitrogens is 1. The van der Waals surface area contributed by atoms with E-state index >= 15 is 0 Å². The van der Waals surface area contributed by atoms with Gasteiger partial charge in [0.2, 0.25) is 0 Å². The minimum atomic E-state index is -0.942. The number of rotatable bonds is 1. The van der Waals surface area contributed by atoms with Crippen LogP contribution in [0, 0.1) is 6.92 Å². The predicted molar refractivity (Wildman–Crippen MR) is 43.6 cm³/mol. The number of carboxylic acid groups (broad SMARTS) is 1. The van der Waals surface area contributed by atoms with Crippen molar-refractivity contribution in [3.63, 3.8) is 0 Å². The van der Waals surface area contributed by atoms with E-state index in [1.807, 2.05) is 0 Å². The zero-order valence-electron chi connectivity index (χ0n) is 5.84. The Hall–Kier alpha value is -0.900. The molecule has 0 aromatic carbocycles. The Labute approximate surface area is 72.2 Å². The SMILES string of the molecule is Cc1nccc(C(=O)O)c1Br. The van der Waals surface area contributed by atoms with Crippen LogP contribution in [0.25, 0.3) is 0 Å². The molecular weight excluding hydrogens is 210 g/mol. The second-order valence-corrected chi connectivity index (χ2v) is 2.86. The van der Waals surface area contributed by atoms with Gasteiger partial charge < -0.3 is 5.11 Å². The number of carboxylic acids is 1. The normalized spacial score (nSPS) is 9.64. The fourth-order valence-corrected chi connectivity index (χ4v) is 1.12. The summed E-state index contributed by atoms with van der Waals surface area (Å²) >= 11 is 3.14. The van der Waals surface area contributed by atoms with Gasteiger partial charge >= 0.3 is 5.97 Å². The third-order valence-electron chi connectivity index (χ3n) is 1.29. The highest BCUT2D eigenvalue weighted by molar-refractivity contribution is 9.10. The summed E-state index contributed by atoms with van der Waals surface area (Å²) in [4.78, 5) is 14.4. The number of pyridine rings is 1. The molecule has 1 aromatic heterocycles. The van der Waals surface area contributed by atoms with Crippen molar-refractivity contribution in [2.24, 2.45) is 0 Å². The first kappa shape index (κ1) is 8.20. The summed E-state index contributed by atoms with van der Waals surface area (Å²) in [5.41, 5.74) is 0.933. The highest BCUT2D eigenvalue weighted by atomic mass is 79.9. The average Bonchev–Trinajstić information content (AvgIpc) is 1.94. The van der Waals surface area contributed by atoms with Crippen LogP contribution in [0.5, 0.6) is 0 Å². The predicted octanol–water partition coefficient (Wildman–Crippen LogP) is 1.85. The summed E-state index contributed by atoms with van der Waals surface area (Å²) in [6.45, 7) is 1.75. The van der Waals surface area contributed by atoms with Crippen LogP contribution < -0.4 is 0 Å². The minimum absolute atomic E-state index is 0.248. The first-order chi connectivity index (χ1) is 5.13. The molecule has 0 amide bonds. The molecule has 0 aliphatic rings. The Morgan fingerprint density at radius 3 is 2.82 bits per heavy atom. The lowest BCUT2D eigenvalue weighted by Crippen LogP contribution is -1.99. The van der Waals surface area contributed by atoms with Crippen molar-refractivity contribution in [3.05, 3.63) is 28.0 Å². The molecule has 0 fully saturated rings. The summed E-state index contributed by atoms with van der Waals surface area (Å²) in [5, 5.41) is 8.63. The smallest absolute Gasteiger partial charge is 0.336 e. The number of aromatic carboxylic acids is 1. The Balaban J connectivity index is 3.27. The monoisotopic (exact) mass is 215 g/mol. The maximum Gasteiger partial charge on any atom is 0.336 e. The molecule has 0 saturated carbocycles. The summed E-state index contributed by atoms with van der Waals surface area (Å²) < 4.78 is 0.549. The lowest BCUT2D eigenvalue weighted by molar-refractivity contribution is 0.0695. The minimum Gasteiger partial charge on any atom is -0.478 e. The van der Waals surface area contributed by atoms with Crippen LogP contribution in [0.4, 0.5) is 0 Å². The molecule has 0 atom stereocenters. The molecular formula is C7H6BrNO2. The lowest BCUT2D eigenvalue weighted by atomic mass is 10.2. The van der Waals surface area contributed by atoms with Crippen molar-refractivity contribution in [2.75, 3.05) is 0 Å². The summed E-state index contributed by atoms with van der Waals surface area (Å²) in [6, 6.07) is 1.46. The molecule has 4 heteroatoms. The largest absolute Gasteiger partial charge is 0.478 e. The van der Waals surface area contributed by atoms with Crippen LogP contribution in [0.15, 0.2) is 16.7 Å². The number of hydrogen-bond acceptors (Lipinski definition) is 2. The Morgan fingerprint density at radius 2 is 2.36 bits per heavy atom. The first-order valence-corrected chi connectivity index (χ1v) is 3.76. The number of halogens is 1. The third kappa shape index (κ3) is 1.57. The third-order valence-corrected chi connectivity index (χ3v) is 2.29. The molecule has 3 nitrogen and oxygen atoms in total. The van der Waals surface area contributed by atoms with Crippen LogP contribution in [0.3, 0.4) is 0 Å². The van der Waals surface area contributed by atoms with Gasteiger partial charge in [0, 0.05) is 6.20 Å². The van der Waals surface area contributed by atoms with Gasteiger partial charge in [-0.15, -0.1) is 0 Å². The van der Waals surface area contributed by atoms with Crippen LogP contribution in [-0.2, 0) is 0 Å². The van der Waals surface area contributed by atoms with Crippen LogP contribution >= 0.6 is 15.9 Å². The maximum atomic E-state index is 10.5. The van der Waals surface area contributed by atoms with Gasteiger partial charge in [0.1, 0.15) is 0 Å². The molecule has 0 radical (unpaired) electrons. The molecule has 1 heterocycles. The van der Waals surface area contributed by atoms with Gasteiger partial charge in [0.05, 0.1) is 15.7 Å². The standard InChI is InChI=1S/C7H6BrNO2/c1-4-6(8)5(7(10)11)2-3-9-4/h2-3H,1H3,(H,10,11). The van der Waals surface area contributed by atoms with Gasteiger partial charge in [-0.3, -0.25) is 4.98 Å². The van der Waals surface area contributed by atoms with Gasteiger partial charge in [-0.25, -0.2) is 4.79 Å². The molecule has 0 aliphatic carbocycles. The van der Waals surface area contributed by atoms with E-state index in [-0.39, 0.29) is 5.56 Å². The van der Waals surface area contributed by atoms with Crippen molar-refractivity contribution >= 4 is 21.9 Å². The average molecular weight is 216 g/mol. The van der Waals surface area contributed by atoms with Crippen molar-refractivity contribution < 1.29 is 9.90 Å². The Bertz CT molecular complexity index is 298. The van der Waals surface area contributed by atoms with Gasteiger partial charge in [-0.1, -0.05) is 0 Å². The van der Waals surface area contributed by atoms with E-state index in [4.69, 9.17) is 5.11 Å².